The van der Waals surface area contributed by atoms with Crippen molar-refractivity contribution in [3.05, 3.63) is 64.2 Å². The number of nitrogens with zero attached hydrogens (tertiary/aromatic N) is 4. The molecular weight excluding hydrogens is 661 g/mol. The molecule has 0 radical (unpaired) electrons. The number of hydrogen-bond donors (Lipinski definition) is 3. The molecule has 2 aliphatic rings. The normalized spacial score (nSPS) is 20.1. The molecular formula is C30H35F9N7O2+. The number of guanidine groups is 1. The summed E-state index contributed by atoms with van der Waals surface area (Å²) in [5.41, 5.74) is 3.94. The van der Waals surface area contributed by atoms with E-state index >= 15 is 0 Å². The van der Waals surface area contributed by atoms with E-state index < -0.39 is 77.6 Å². The predicted octanol–water partition coefficient (Wildman–Crippen LogP) is 7.16. The fourth-order valence-corrected chi connectivity index (χ4v) is 5.66. The van der Waals surface area contributed by atoms with Gasteiger partial charge in [-0.15, -0.1) is 5.43 Å². The minimum absolute atomic E-state index is 0.00782. The fourth-order valence-electron chi connectivity index (χ4n) is 5.66. The highest BCUT2D eigenvalue weighted by molar-refractivity contribution is 5.90. The number of ether oxygens (including phenoxy) is 1. The molecule has 4 rings (SSSR count). The third-order valence-corrected chi connectivity index (χ3v) is 7.89. The lowest BCUT2D eigenvalue weighted by molar-refractivity contribution is -0.592. The quantitative estimate of drug-likeness (QED) is 0.0742. The number of amides is 1. The second-order valence-electron chi connectivity index (χ2n) is 11.9. The zero-order valence-electron chi connectivity index (χ0n) is 26.1. The van der Waals surface area contributed by atoms with E-state index in [1.807, 2.05) is 0 Å². The van der Waals surface area contributed by atoms with Gasteiger partial charge in [0.1, 0.15) is 6.04 Å². The monoisotopic (exact) mass is 696 g/mol. The molecule has 2 aromatic rings. The Balaban J connectivity index is 1.89. The van der Waals surface area contributed by atoms with Gasteiger partial charge in [0, 0.05) is 18.0 Å². The number of nitrogens with two attached hydrogens (primary N) is 1. The van der Waals surface area contributed by atoms with Crippen LogP contribution in [0.25, 0.3) is 0 Å². The maximum Gasteiger partial charge on any atom is 0.416 e. The fraction of sp³-hybridized carbons (Fsp3) is 0.533. The first-order chi connectivity index (χ1) is 22.3. The van der Waals surface area contributed by atoms with Crippen molar-refractivity contribution in [1.29, 1.82) is 0 Å². The molecule has 48 heavy (non-hydrogen) atoms. The van der Waals surface area contributed by atoms with Crippen LogP contribution in [-0.2, 0) is 29.8 Å². The third-order valence-electron chi connectivity index (χ3n) is 7.89. The van der Waals surface area contributed by atoms with Gasteiger partial charge >= 0.3 is 30.6 Å². The minimum Gasteiger partial charge on any atom is -0.446 e. The number of hydrogen-bond acceptors (Lipinski definition) is 5. The summed E-state index contributed by atoms with van der Waals surface area (Å²) >= 11 is 0. The molecule has 2 heterocycles. The Bertz CT molecular complexity index is 1500. The summed E-state index contributed by atoms with van der Waals surface area (Å²) in [6.07, 6.45) is -15.5. The lowest BCUT2D eigenvalue weighted by Gasteiger charge is -2.39. The molecule has 0 spiro atoms. The first-order valence-corrected chi connectivity index (χ1v) is 15.0. The SMILES string of the molecule is CC(C)OC(=O)N1c2ccc(C(F)(F)F)cc2[C@@H]([N+](Cc2cc(C(F)(F)F)cc(C(F)(F)F)c2)=C(N)NN=NC2CCNCC2)C[C@H]1C. The number of carbonyl (C=O) groups excluding carboxylic acids is 1. The molecule has 2 aromatic carbocycles. The molecule has 18 heteroatoms. The van der Waals surface area contributed by atoms with E-state index in [1.54, 1.807) is 20.8 Å². The summed E-state index contributed by atoms with van der Waals surface area (Å²) in [6, 6.07) is 1.40. The van der Waals surface area contributed by atoms with Gasteiger partial charge in [-0.3, -0.25) is 15.2 Å². The van der Waals surface area contributed by atoms with Crippen molar-refractivity contribution in [3.8, 4) is 0 Å². The van der Waals surface area contributed by atoms with Gasteiger partial charge in [0.05, 0.1) is 41.1 Å². The van der Waals surface area contributed by atoms with Crippen LogP contribution in [0.1, 0.15) is 73.9 Å². The number of nitrogens with one attached hydrogen (secondary N) is 2. The summed E-state index contributed by atoms with van der Waals surface area (Å²) in [4.78, 5) is 14.2. The molecule has 2 atom stereocenters. The number of carbonyl (C=O) groups is 1. The Hall–Kier alpha value is -4.09. The summed E-state index contributed by atoms with van der Waals surface area (Å²) in [6.45, 7) is 5.34. The van der Waals surface area contributed by atoms with Crippen molar-refractivity contribution < 1.29 is 53.6 Å². The highest BCUT2D eigenvalue weighted by Crippen LogP contribution is 2.44. The largest absolute Gasteiger partial charge is 0.446 e. The molecule has 9 nitrogen and oxygen atoms in total. The van der Waals surface area contributed by atoms with E-state index in [-0.39, 0.29) is 29.8 Å². The smallest absolute Gasteiger partial charge is 0.416 e. The van der Waals surface area contributed by atoms with Gasteiger partial charge in [-0.2, -0.15) is 44.6 Å². The molecule has 264 valence electrons. The maximum atomic E-state index is 13.9. The van der Waals surface area contributed by atoms with E-state index in [2.05, 4.69) is 21.1 Å². The molecule has 4 N–H and O–H groups in total. The van der Waals surface area contributed by atoms with E-state index in [0.29, 0.717) is 38.1 Å². The van der Waals surface area contributed by atoms with E-state index in [1.165, 1.54) is 0 Å². The molecule has 1 amide bonds. The molecule has 1 saturated heterocycles. The summed E-state index contributed by atoms with van der Waals surface area (Å²) in [7, 11) is 0. The minimum atomic E-state index is -5.15. The lowest BCUT2D eigenvalue weighted by atomic mass is 9.89. The molecule has 0 saturated carbocycles. The van der Waals surface area contributed by atoms with Crippen molar-refractivity contribution in [2.75, 3.05) is 18.0 Å². The highest BCUT2D eigenvalue weighted by atomic mass is 19.4. The molecule has 1 fully saturated rings. The predicted molar refractivity (Wildman–Crippen MR) is 156 cm³/mol. The Morgan fingerprint density at radius 2 is 1.56 bits per heavy atom. The summed E-state index contributed by atoms with van der Waals surface area (Å²) in [5, 5.41) is 11.2. The average Bonchev–Trinajstić information content (AvgIpc) is 2.98. The first-order valence-electron chi connectivity index (χ1n) is 15.0. The first kappa shape index (κ1) is 36.7. The summed E-state index contributed by atoms with van der Waals surface area (Å²) in [5.74, 6) is -0.405. The van der Waals surface area contributed by atoms with Crippen LogP contribution >= 0.6 is 0 Å². The summed E-state index contributed by atoms with van der Waals surface area (Å²) < 4.78 is 131. The van der Waals surface area contributed by atoms with Crippen LogP contribution in [0.4, 0.5) is 50.0 Å². The van der Waals surface area contributed by atoms with Crippen LogP contribution < -0.4 is 21.4 Å². The topological polar surface area (TPSA) is 107 Å². The zero-order chi connectivity index (χ0) is 35.6. The Morgan fingerprint density at radius 3 is 2.10 bits per heavy atom. The number of anilines is 1. The number of alkyl halides is 9. The lowest BCUT2D eigenvalue weighted by Crippen LogP contribution is -2.48. The molecule has 0 unspecified atom stereocenters. The van der Waals surface area contributed by atoms with Crippen molar-refractivity contribution >= 4 is 17.7 Å². The number of fused-ring (bicyclic) bond motifs is 1. The van der Waals surface area contributed by atoms with Crippen molar-refractivity contribution in [1.82, 2.24) is 10.7 Å². The van der Waals surface area contributed by atoms with Gasteiger partial charge in [-0.25, -0.2) is 4.79 Å². The van der Waals surface area contributed by atoms with Gasteiger partial charge in [0.2, 0.25) is 0 Å². The van der Waals surface area contributed by atoms with Crippen LogP contribution in [0.5, 0.6) is 0 Å². The van der Waals surface area contributed by atoms with Crippen LogP contribution in [0.15, 0.2) is 46.7 Å². The number of piperidine rings is 1. The standard InChI is InChI=1S/C30H34F9N7O2/c1-16(2)48-27(47)46-17(3)10-25(23-14-19(28(31,32)33)4-5-24(23)46)45(26(40)43-44-42-22-6-8-41-9-7-22)15-18-11-20(29(34,35)36)13-21(12-18)30(37,38)39/h4-5,11-14,16-17,22,25,41H,6-10,15H2,1-3H3,(H2,40,42,43)/p+1/t17-,25+/m1/s1. The van der Waals surface area contributed by atoms with Crippen molar-refractivity contribution in [2.24, 2.45) is 16.1 Å². The molecule has 0 aliphatic carbocycles. The van der Waals surface area contributed by atoms with Gasteiger partial charge in [-0.1, -0.05) is 0 Å². The molecule has 0 bridgehead atoms. The molecule has 0 aromatic heterocycles. The molecule has 2 aliphatic heterocycles. The maximum absolute atomic E-state index is 13.9. The van der Waals surface area contributed by atoms with Gasteiger partial charge in [-0.05, 0) is 93.9 Å². The van der Waals surface area contributed by atoms with Crippen LogP contribution in [0.3, 0.4) is 0 Å². The van der Waals surface area contributed by atoms with Gasteiger partial charge in [0.25, 0.3) is 0 Å². The van der Waals surface area contributed by atoms with Crippen LogP contribution in [0, 0.1) is 0 Å². The Kier molecular flexibility index (Phi) is 10.9. The third kappa shape index (κ3) is 8.87. The second-order valence-corrected chi connectivity index (χ2v) is 11.9. The number of benzene rings is 2. The Morgan fingerprint density at radius 1 is 0.979 bits per heavy atom. The number of halogens is 9. The van der Waals surface area contributed by atoms with Crippen LogP contribution in [-0.4, -0.2) is 47.9 Å². The van der Waals surface area contributed by atoms with Crippen LogP contribution in [0.2, 0.25) is 0 Å². The van der Waals surface area contributed by atoms with E-state index in [0.717, 1.165) is 27.7 Å². The van der Waals surface area contributed by atoms with Crippen molar-refractivity contribution in [3.63, 3.8) is 0 Å². The van der Waals surface area contributed by atoms with E-state index in [9.17, 15) is 44.3 Å². The Labute approximate surface area is 270 Å². The van der Waals surface area contributed by atoms with Gasteiger partial charge in [0.15, 0.2) is 0 Å². The zero-order valence-corrected chi connectivity index (χ0v) is 26.1. The van der Waals surface area contributed by atoms with Gasteiger partial charge < -0.3 is 10.1 Å². The van der Waals surface area contributed by atoms with Crippen molar-refractivity contribution in [2.45, 2.75) is 89.3 Å². The highest BCUT2D eigenvalue weighted by Gasteiger charge is 2.42. The second kappa shape index (κ2) is 14.2. The van der Waals surface area contributed by atoms with E-state index in [4.69, 9.17) is 10.5 Å². The number of rotatable bonds is 6. The average molecular weight is 697 g/mol.